The average molecular weight is 242 g/mol. The highest BCUT2D eigenvalue weighted by molar-refractivity contribution is 5.68. The molecule has 0 heterocycles. The van der Waals surface area contributed by atoms with Crippen molar-refractivity contribution in [2.24, 2.45) is 5.73 Å². The van der Waals surface area contributed by atoms with E-state index in [4.69, 9.17) is 10.5 Å². The third-order valence-corrected chi connectivity index (χ3v) is 3.15. The molecule has 4 heteroatoms. The van der Waals surface area contributed by atoms with Crippen molar-refractivity contribution in [3.05, 3.63) is 0 Å². The molecule has 0 saturated heterocycles. The van der Waals surface area contributed by atoms with E-state index in [1.54, 1.807) is 0 Å². The number of amides is 1. The molecule has 0 bridgehead atoms. The summed E-state index contributed by atoms with van der Waals surface area (Å²) in [4.78, 5) is 13.9. The van der Waals surface area contributed by atoms with E-state index in [2.05, 4.69) is 0 Å². The Morgan fingerprint density at radius 1 is 1.29 bits per heavy atom. The Morgan fingerprint density at radius 3 is 2.24 bits per heavy atom. The molecule has 0 aromatic rings. The second-order valence-electron chi connectivity index (χ2n) is 5.83. The van der Waals surface area contributed by atoms with Gasteiger partial charge in [0.1, 0.15) is 5.60 Å². The maximum atomic E-state index is 12.0. The molecule has 2 N–H and O–H groups in total. The van der Waals surface area contributed by atoms with Crippen molar-refractivity contribution >= 4 is 6.09 Å². The van der Waals surface area contributed by atoms with Gasteiger partial charge in [0.15, 0.2) is 0 Å². The molecule has 1 aliphatic rings. The van der Waals surface area contributed by atoms with E-state index in [9.17, 15) is 4.79 Å². The van der Waals surface area contributed by atoms with Gasteiger partial charge in [0.2, 0.25) is 0 Å². The van der Waals surface area contributed by atoms with E-state index in [0.29, 0.717) is 18.6 Å². The first-order valence-electron chi connectivity index (χ1n) is 6.58. The van der Waals surface area contributed by atoms with Gasteiger partial charge in [0, 0.05) is 18.6 Å². The molecule has 17 heavy (non-hydrogen) atoms. The Hall–Kier alpha value is -0.770. The van der Waals surface area contributed by atoms with E-state index in [1.807, 2.05) is 32.6 Å². The number of rotatable bonds is 2. The topological polar surface area (TPSA) is 55.6 Å². The highest BCUT2D eigenvalue weighted by Crippen LogP contribution is 2.23. The zero-order chi connectivity index (χ0) is 13.1. The molecule has 0 aromatic heterocycles. The van der Waals surface area contributed by atoms with Crippen molar-refractivity contribution in [2.45, 2.75) is 71.1 Å². The van der Waals surface area contributed by atoms with Crippen LogP contribution < -0.4 is 5.73 Å². The second kappa shape index (κ2) is 5.71. The van der Waals surface area contributed by atoms with Gasteiger partial charge in [-0.15, -0.1) is 0 Å². The third kappa shape index (κ3) is 4.54. The number of carbonyl (C=O) groups is 1. The van der Waals surface area contributed by atoms with Crippen LogP contribution in [0.4, 0.5) is 4.79 Å². The molecule has 1 amide bonds. The van der Waals surface area contributed by atoms with Crippen LogP contribution in [0.1, 0.15) is 53.4 Å². The first-order chi connectivity index (χ1) is 7.83. The van der Waals surface area contributed by atoms with Gasteiger partial charge in [-0.25, -0.2) is 4.79 Å². The van der Waals surface area contributed by atoms with E-state index in [1.165, 1.54) is 0 Å². The lowest BCUT2D eigenvalue weighted by atomic mass is 9.91. The molecule has 1 saturated carbocycles. The Bertz CT molecular complexity index is 253. The highest BCUT2D eigenvalue weighted by Gasteiger charge is 2.29. The van der Waals surface area contributed by atoms with Crippen LogP contribution in [-0.4, -0.2) is 35.2 Å². The molecule has 1 aliphatic carbocycles. The summed E-state index contributed by atoms with van der Waals surface area (Å²) in [5.74, 6) is 0. The summed E-state index contributed by atoms with van der Waals surface area (Å²) in [7, 11) is 0. The largest absolute Gasteiger partial charge is 0.444 e. The normalized spacial score (nSPS) is 25.5. The molecular formula is C13H26N2O2. The summed E-state index contributed by atoms with van der Waals surface area (Å²) in [5, 5.41) is 0. The van der Waals surface area contributed by atoms with Gasteiger partial charge in [0.25, 0.3) is 0 Å². The van der Waals surface area contributed by atoms with Crippen molar-refractivity contribution in [3.63, 3.8) is 0 Å². The lowest BCUT2D eigenvalue weighted by molar-refractivity contribution is 0.0130. The molecule has 0 aliphatic heterocycles. The van der Waals surface area contributed by atoms with Crippen molar-refractivity contribution in [1.82, 2.24) is 4.90 Å². The fraction of sp³-hybridized carbons (Fsp3) is 0.923. The van der Waals surface area contributed by atoms with Gasteiger partial charge >= 0.3 is 6.09 Å². The van der Waals surface area contributed by atoms with Crippen LogP contribution in [0, 0.1) is 0 Å². The predicted molar refractivity (Wildman–Crippen MR) is 68.8 cm³/mol. The third-order valence-electron chi connectivity index (χ3n) is 3.15. The van der Waals surface area contributed by atoms with Crippen molar-refractivity contribution in [1.29, 1.82) is 0 Å². The minimum absolute atomic E-state index is 0.194. The van der Waals surface area contributed by atoms with E-state index in [0.717, 1.165) is 25.7 Å². The summed E-state index contributed by atoms with van der Waals surface area (Å²) in [6, 6.07) is 0.609. The van der Waals surface area contributed by atoms with Crippen molar-refractivity contribution < 1.29 is 9.53 Å². The summed E-state index contributed by atoms with van der Waals surface area (Å²) < 4.78 is 5.43. The molecule has 0 atom stereocenters. The molecule has 0 radical (unpaired) electrons. The van der Waals surface area contributed by atoms with Crippen LogP contribution in [0.3, 0.4) is 0 Å². The summed E-state index contributed by atoms with van der Waals surface area (Å²) >= 11 is 0. The molecule has 0 aromatic carbocycles. The lowest BCUT2D eigenvalue weighted by Crippen LogP contribution is -2.46. The van der Waals surface area contributed by atoms with Crippen LogP contribution >= 0.6 is 0 Å². The number of carbonyl (C=O) groups excluding carboxylic acids is 1. The van der Waals surface area contributed by atoms with E-state index in [-0.39, 0.29) is 6.09 Å². The van der Waals surface area contributed by atoms with Crippen molar-refractivity contribution in [2.75, 3.05) is 6.54 Å². The molecular weight excluding hydrogens is 216 g/mol. The number of hydrogen-bond acceptors (Lipinski definition) is 3. The lowest BCUT2D eigenvalue weighted by Gasteiger charge is -2.36. The van der Waals surface area contributed by atoms with Crippen LogP contribution in [-0.2, 0) is 4.74 Å². The fourth-order valence-corrected chi connectivity index (χ4v) is 2.27. The fourth-order valence-electron chi connectivity index (χ4n) is 2.27. The summed E-state index contributed by atoms with van der Waals surface area (Å²) in [5.41, 5.74) is 5.46. The second-order valence-corrected chi connectivity index (χ2v) is 5.83. The maximum Gasteiger partial charge on any atom is 0.410 e. The molecule has 0 unspecified atom stereocenters. The Labute approximate surface area is 104 Å². The minimum atomic E-state index is -0.421. The van der Waals surface area contributed by atoms with Gasteiger partial charge in [-0.3, -0.25) is 0 Å². The van der Waals surface area contributed by atoms with Gasteiger partial charge in [-0.1, -0.05) is 0 Å². The first-order valence-corrected chi connectivity index (χ1v) is 6.58. The standard InChI is InChI=1S/C13H26N2O2/c1-5-15(12(16)17-13(2,3)4)11-8-6-10(14)7-9-11/h10-11H,5-9,14H2,1-4H3. The number of nitrogens with zero attached hydrogens (tertiary/aromatic N) is 1. The zero-order valence-electron chi connectivity index (χ0n) is 11.5. The van der Waals surface area contributed by atoms with E-state index >= 15 is 0 Å². The first kappa shape index (κ1) is 14.3. The predicted octanol–water partition coefficient (Wildman–Crippen LogP) is 2.51. The number of nitrogens with two attached hydrogens (primary N) is 1. The quantitative estimate of drug-likeness (QED) is 0.809. The van der Waals surface area contributed by atoms with Crippen LogP contribution in [0.15, 0.2) is 0 Å². The zero-order valence-corrected chi connectivity index (χ0v) is 11.5. The number of ether oxygens (including phenoxy) is 1. The summed E-state index contributed by atoms with van der Waals surface area (Å²) in [6.45, 7) is 8.40. The molecule has 100 valence electrons. The van der Waals surface area contributed by atoms with Crippen LogP contribution in [0.25, 0.3) is 0 Å². The summed E-state index contributed by atoms with van der Waals surface area (Å²) in [6.07, 6.45) is 3.80. The molecule has 1 rings (SSSR count). The van der Waals surface area contributed by atoms with E-state index < -0.39 is 5.60 Å². The van der Waals surface area contributed by atoms with Crippen molar-refractivity contribution in [3.8, 4) is 0 Å². The van der Waals surface area contributed by atoms with Gasteiger partial charge in [-0.2, -0.15) is 0 Å². The molecule has 4 nitrogen and oxygen atoms in total. The Balaban J connectivity index is 2.55. The highest BCUT2D eigenvalue weighted by atomic mass is 16.6. The SMILES string of the molecule is CCN(C(=O)OC(C)(C)C)C1CCC(N)CC1. The smallest absolute Gasteiger partial charge is 0.410 e. The molecule has 1 fully saturated rings. The maximum absolute atomic E-state index is 12.0. The van der Waals surface area contributed by atoms with Crippen LogP contribution in [0.5, 0.6) is 0 Å². The average Bonchev–Trinajstić information content (AvgIpc) is 2.19. The minimum Gasteiger partial charge on any atom is -0.444 e. The van der Waals surface area contributed by atoms with Gasteiger partial charge in [-0.05, 0) is 53.4 Å². The Morgan fingerprint density at radius 2 is 1.82 bits per heavy atom. The number of hydrogen-bond donors (Lipinski definition) is 1. The van der Waals surface area contributed by atoms with Crippen LogP contribution in [0.2, 0.25) is 0 Å². The molecule has 0 spiro atoms. The monoisotopic (exact) mass is 242 g/mol. The Kier molecular flexibility index (Phi) is 4.80. The van der Waals surface area contributed by atoms with Gasteiger partial charge in [0.05, 0.1) is 0 Å². The van der Waals surface area contributed by atoms with Gasteiger partial charge < -0.3 is 15.4 Å².